The summed E-state index contributed by atoms with van der Waals surface area (Å²) in [6.07, 6.45) is 2.46. The van der Waals surface area contributed by atoms with Gasteiger partial charge in [0.2, 0.25) is 21.8 Å². The van der Waals surface area contributed by atoms with E-state index >= 15 is 0 Å². The third-order valence-electron chi connectivity index (χ3n) is 7.48. The van der Waals surface area contributed by atoms with Crippen LogP contribution >= 0.6 is 11.6 Å². The molecule has 4 rings (SSSR count). The lowest BCUT2D eigenvalue weighted by atomic mass is 10.0. The first-order valence-electron chi connectivity index (χ1n) is 14.8. The van der Waals surface area contributed by atoms with Crippen molar-refractivity contribution in [2.24, 2.45) is 0 Å². The van der Waals surface area contributed by atoms with Crippen LogP contribution in [0.4, 0.5) is 5.69 Å². The van der Waals surface area contributed by atoms with E-state index in [1.165, 1.54) is 4.31 Å². The number of sulfonamides is 1. The summed E-state index contributed by atoms with van der Waals surface area (Å²) >= 11 is 6.27. The van der Waals surface area contributed by atoms with Crippen LogP contribution < -0.4 is 19.1 Å². The largest absolute Gasteiger partial charge is 0.486 e. The summed E-state index contributed by atoms with van der Waals surface area (Å²) in [5.41, 5.74) is 2.13. The lowest BCUT2D eigenvalue weighted by Crippen LogP contribution is -2.52. The second-order valence-electron chi connectivity index (χ2n) is 10.9. The quantitative estimate of drug-likeness (QED) is 0.259. The predicted octanol–water partition coefficient (Wildman–Crippen LogP) is 5.21. The zero-order valence-electron chi connectivity index (χ0n) is 25.4. The molecule has 1 heterocycles. The number of nitrogens with zero attached hydrogens (tertiary/aromatic N) is 2. The molecule has 3 aromatic rings. The van der Waals surface area contributed by atoms with Gasteiger partial charge in [-0.3, -0.25) is 13.9 Å². The van der Waals surface area contributed by atoms with Gasteiger partial charge in [-0.15, -0.1) is 0 Å². The highest BCUT2D eigenvalue weighted by molar-refractivity contribution is 7.92. The molecule has 1 N–H and O–H groups in total. The molecule has 0 radical (unpaired) electrons. The molecule has 0 aliphatic carbocycles. The summed E-state index contributed by atoms with van der Waals surface area (Å²) in [5.74, 6) is 0.524. The number of carbonyl (C=O) groups is 2. The van der Waals surface area contributed by atoms with Gasteiger partial charge in [-0.2, -0.15) is 0 Å². The van der Waals surface area contributed by atoms with Crippen LogP contribution in [0.3, 0.4) is 0 Å². The van der Waals surface area contributed by atoms with Gasteiger partial charge in [-0.1, -0.05) is 61.0 Å². The molecule has 2 atom stereocenters. The van der Waals surface area contributed by atoms with Crippen molar-refractivity contribution in [1.82, 2.24) is 10.2 Å². The number of hydrogen-bond donors (Lipinski definition) is 1. The summed E-state index contributed by atoms with van der Waals surface area (Å²) in [7, 11) is -3.67. The van der Waals surface area contributed by atoms with Crippen molar-refractivity contribution in [3.8, 4) is 11.5 Å². The molecule has 1 aliphatic rings. The summed E-state index contributed by atoms with van der Waals surface area (Å²) in [5, 5.41) is 3.58. The number of ether oxygens (including phenoxy) is 2. The fourth-order valence-corrected chi connectivity index (χ4v) is 6.19. The molecule has 2 amide bonds. The van der Waals surface area contributed by atoms with Crippen LogP contribution in [0, 0.1) is 0 Å². The van der Waals surface area contributed by atoms with E-state index in [0.29, 0.717) is 41.8 Å². The molecule has 2 unspecified atom stereocenters. The second kappa shape index (κ2) is 15.3. The van der Waals surface area contributed by atoms with Crippen LogP contribution in [0.25, 0.3) is 0 Å². The van der Waals surface area contributed by atoms with Gasteiger partial charge in [-0.05, 0) is 55.2 Å². The molecule has 0 bridgehead atoms. The van der Waals surface area contributed by atoms with Gasteiger partial charge in [-0.25, -0.2) is 8.42 Å². The first-order chi connectivity index (χ1) is 21.0. The molecule has 9 nitrogen and oxygen atoms in total. The molecule has 0 spiro atoms. The number of halogens is 1. The van der Waals surface area contributed by atoms with Gasteiger partial charge in [0.15, 0.2) is 11.5 Å². The minimum absolute atomic E-state index is 0.0268. The number of nitrogens with one attached hydrogen (secondary N) is 1. The topological polar surface area (TPSA) is 105 Å². The Labute approximate surface area is 265 Å². The number of carbonyl (C=O) groups excluding carboxylic acids is 2. The standard InChI is InChI=1S/C33H40ClN3O6S/c1-4-24(2)35-33(39)29(21-25-10-6-5-7-11-25)36(23-26-12-8-13-27(34)20-26)32(38)14-9-17-37(44(3,40)41)28-15-16-30-31(22-28)43-19-18-42-30/h5-8,10-13,15-16,20,22,24,29H,4,9,14,17-19,21,23H2,1-3H3,(H,35,39). The number of anilines is 1. The third-order valence-corrected chi connectivity index (χ3v) is 8.91. The third kappa shape index (κ3) is 9.12. The van der Waals surface area contributed by atoms with Crippen LogP contribution in [-0.2, 0) is 32.6 Å². The summed E-state index contributed by atoms with van der Waals surface area (Å²) in [6.45, 7) is 4.96. The van der Waals surface area contributed by atoms with Crippen molar-refractivity contribution in [1.29, 1.82) is 0 Å². The average molecular weight is 642 g/mol. The van der Waals surface area contributed by atoms with Crippen LogP contribution in [-0.4, -0.2) is 63.2 Å². The van der Waals surface area contributed by atoms with Gasteiger partial charge in [0.05, 0.1) is 11.9 Å². The Morgan fingerprint density at radius 2 is 1.66 bits per heavy atom. The molecule has 44 heavy (non-hydrogen) atoms. The van der Waals surface area contributed by atoms with E-state index in [0.717, 1.165) is 23.8 Å². The number of fused-ring (bicyclic) bond motifs is 1. The molecule has 11 heteroatoms. The summed E-state index contributed by atoms with van der Waals surface area (Å²) in [6, 6.07) is 20.9. The fraction of sp³-hybridized carbons (Fsp3) is 0.394. The van der Waals surface area contributed by atoms with Crippen LogP contribution in [0.2, 0.25) is 5.02 Å². The number of amides is 2. The smallest absolute Gasteiger partial charge is 0.243 e. The van der Waals surface area contributed by atoms with Crippen molar-refractivity contribution in [2.45, 2.75) is 58.2 Å². The lowest BCUT2D eigenvalue weighted by Gasteiger charge is -2.33. The minimum Gasteiger partial charge on any atom is -0.486 e. The van der Waals surface area contributed by atoms with Gasteiger partial charge >= 0.3 is 0 Å². The number of rotatable bonds is 14. The Morgan fingerprint density at radius 3 is 2.34 bits per heavy atom. The van der Waals surface area contributed by atoms with E-state index in [2.05, 4.69) is 5.32 Å². The molecule has 236 valence electrons. The number of hydrogen-bond acceptors (Lipinski definition) is 6. The second-order valence-corrected chi connectivity index (χ2v) is 13.3. The van der Waals surface area contributed by atoms with Crippen molar-refractivity contribution in [3.63, 3.8) is 0 Å². The highest BCUT2D eigenvalue weighted by Crippen LogP contribution is 2.35. The molecule has 0 saturated carbocycles. The van der Waals surface area contributed by atoms with E-state index in [1.807, 2.05) is 56.3 Å². The maximum Gasteiger partial charge on any atom is 0.243 e. The van der Waals surface area contributed by atoms with Crippen LogP contribution in [0.1, 0.15) is 44.2 Å². The SMILES string of the molecule is CCC(C)NC(=O)C(Cc1ccccc1)N(Cc1cccc(Cl)c1)C(=O)CCCN(c1ccc2c(c1)OCCO2)S(C)(=O)=O. The maximum absolute atomic E-state index is 14.0. The monoisotopic (exact) mass is 641 g/mol. The molecule has 3 aromatic carbocycles. The number of benzene rings is 3. The first kappa shape index (κ1) is 33.1. The van der Waals surface area contributed by atoms with E-state index in [9.17, 15) is 18.0 Å². The van der Waals surface area contributed by atoms with E-state index in [-0.39, 0.29) is 43.8 Å². The van der Waals surface area contributed by atoms with E-state index < -0.39 is 16.1 Å². The Balaban J connectivity index is 1.58. The van der Waals surface area contributed by atoms with Gasteiger partial charge in [0.25, 0.3) is 0 Å². The highest BCUT2D eigenvalue weighted by Gasteiger charge is 2.31. The van der Waals surface area contributed by atoms with Crippen LogP contribution in [0.15, 0.2) is 72.8 Å². The van der Waals surface area contributed by atoms with Crippen molar-refractivity contribution in [3.05, 3.63) is 88.9 Å². The van der Waals surface area contributed by atoms with Crippen molar-refractivity contribution in [2.75, 3.05) is 30.3 Å². The first-order valence-corrected chi connectivity index (χ1v) is 17.0. The molecule has 0 fully saturated rings. The molecule has 0 saturated heterocycles. The predicted molar refractivity (Wildman–Crippen MR) is 173 cm³/mol. The Morgan fingerprint density at radius 1 is 0.955 bits per heavy atom. The van der Waals surface area contributed by atoms with Gasteiger partial charge < -0.3 is 19.7 Å². The Hall–Kier alpha value is -3.76. The normalized spacial score (nSPS) is 13.9. The van der Waals surface area contributed by atoms with E-state index in [1.54, 1.807) is 35.2 Å². The molecular weight excluding hydrogens is 602 g/mol. The maximum atomic E-state index is 14.0. The van der Waals surface area contributed by atoms with Crippen LogP contribution in [0.5, 0.6) is 11.5 Å². The lowest BCUT2D eigenvalue weighted by molar-refractivity contribution is -0.141. The van der Waals surface area contributed by atoms with Crippen molar-refractivity contribution < 1.29 is 27.5 Å². The molecule has 1 aliphatic heterocycles. The summed E-state index contributed by atoms with van der Waals surface area (Å²) in [4.78, 5) is 29.3. The Bertz CT molecular complexity index is 1540. The summed E-state index contributed by atoms with van der Waals surface area (Å²) < 4.78 is 38.1. The Kier molecular flexibility index (Phi) is 11.5. The van der Waals surface area contributed by atoms with E-state index in [4.69, 9.17) is 21.1 Å². The fourth-order valence-electron chi connectivity index (χ4n) is 5.02. The zero-order chi connectivity index (χ0) is 31.7. The zero-order valence-corrected chi connectivity index (χ0v) is 26.9. The highest BCUT2D eigenvalue weighted by atomic mass is 35.5. The average Bonchev–Trinajstić information content (AvgIpc) is 3.00. The molecule has 0 aromatic heterocycles. The van der Waals surface area contributed by atoms with Gasteiger partial charge in [0.1, 0.15) is 19.3 Å². The molecular formula is C33H40ClN3O6S. The minimum atomic E-state index is -3.67. The van der Waals surface area contributed by atoms with Crippen molar-refractivity contribution >= 4 is 39.1 Å². The van der Waals surface area contributed by atoms with Gasteiger partial charge in [0, 0.05) is 43.1 Å².